The third kappa shape index (κ3) is 3.48. The molecule has 7 nitrogen and oxygen atoms in total. The largest absolute Gasteiger partial charge is 0.335 e. The normalized spacial score (nSPS) is 14.4. The summed E-state index contributed by atoms with van der Waals surface area (Å²) >= 11 is 3.32. The van der Waals surface area contributed by atoms with Gasteiger partial charge < -0.3 is 5.32 Å². The van der Waals surface area contributed by atoms with Crippen molar-refractivity contribution in [3.8, 4) is 0 Å². The topological polar surface area (TPSA) is 86.8 Å². The van der Waals surface area contributed by atoms with E-state index >= 15 is 0 Å². The van der Waals surface area contributed by atoms with E-state index < -0.39 is 30.3 Å². The molecule has 0 radical (unpaired) electrons. The first-order chi connectivity index (χ1) is 10.8. The molecule has 0 unspecified atom stereocenters. The summed E-state index contributed by atoms with van der Waals surface area (Å²) in [6.45, 7) is 4.63. The lowest BCUT2D eigenvalue weighted by atomic mass is 10.2. The summed E-state index contributed by atoms with van der Waals surface area (Å²) in [6, 6.07) is 4.45. The van der Waals surface area contributed by atoms with Crippen LogP contribution in [0.4, 0.5) is 10.5 Å². The number of anilines is 1. The maximum atomic E-state index is 12.0. The summed E-state index contributed by atoms with van der Waals surface area (Å²) in [5, 5.41) is 2.61. The van der Waals surface area contributed by atoms with E-state index in [-0.39, 0.29) is 6.54 Å². The fourth-order valence-electron chi connectivity index (χ4n) is 2.08. The number of amides is 5. The van der Waals surface area contributed by atoms with Gasteiger partial charge in [0.2, 0.25) is 5.91 Å². The maximum absolute atomic E-state index is 12.0. The average molecular weight is 380 g/mol. The molecule has 5 amide bonds. The van der Waals surface area contributed by atoms with Crippen LogP contribution in [0.25, 0.3) is 0 Å². The Hall–Kier alpha value is -2.48. The van der Waals surface area contributed by atoms with Crippen molar-refractivity contribution in [1.29, 1.82) is 0 Å². The van der Waals surface area contributed by atoms with Gasteiger partial charge in [-0.15, -0.1) is 6.58 Å². The molecule has 0 aromatic heterocycles. The number of carbonyl (C=O) groups excluding carboxylic acids is 4. The van der Waals surface area contributed by atoms with Crippen LogP contribution in [0.1, 0.15) is 5.56 Å². The predicted molar refractivity (Wildman–Crippen MR) is 86.5 cm³/mol. The molecule has 1 N–H and O–H groups in total. The number of hydrogen-bond donors (Lipinski definition) is 1. The number of nitrogens with zero attached hydrogens (tertiary/aromatic N) is 2. The van der Waals surface area contributed by atoms with Crippen molar-refractivity contribution in [2.45, 2.75) is 6.92 Å². The van der Waals surface area contributed by atoms with Crippen molar-refractivity contribution in [3.05, 3.63) is 40.9 Å². The van der Waals surface area contributed by atoms with Gasteiger partial charge in [0.05, 0.1) is 0 Å². The monoisotopic (exact) mass is 379 g/mol. The molecule has 0 spiro atoms. The second-order valence-corrected chi connectivity index (χ2v) is 5.80. The molecule has 1 fully saturated rings. The predicted octanol–water partition coefficient (Wildman–Crippen LogP) is 1.67. The first kappa shape index (κ1) is 16.9. The quantitative estimate of drug-likeness (QED) is 0.478. The highest BCUT2D eigenvalue weighted by Gasteiger charge is 2.44. The Morgan fingerprint density at radius 3 is 2.52 bits per heavy atom. The van der Waals surface area contributed by atoms with Gasteiger partial charge >= 0.3 is 17.8 Å². The lowest BCUT2D eigenvalue weighted by Gasteiger charge is -2.15. The minimum Gasteiger partial charge on any atom is -0.324 e. The highest BCUT2D eigenvalue weighted by atomic mass is 79.9. The zero-order valence-corrected chi connectivity index (χ0v) is 13.9. The van der Waals surface area contributed by atoms with Crippen molar-refractivity contribution < 1.29 is 19.2 Å². The molecule has 120 valence electrons. The molecule has 0 aliphatic carbocycles. The molecule has 1 aliphatic rings. The molecule has 0 saturated carbocycles. The summed E-state index contributed by atoms with van der Waals surface area (Å²) < 4.78 is 0.864. The minimum absolute atomic E-state index is 0.0760. The Bertz CT molecular complexity index is 717. The van der Waals surface area contributed by atoms with Gasteiger partial charge in [0, 0.05) is 16.7 Å². The molecule has 0 atom stereocenters. The lowest BCUT2D eigenvalue weighted by Crippen LogP contribution is -2.39. The summed E-state index contributed by atoms with van der Waals surface area (Å²) in [4.78, 5) is 48.9. The van der Waals surface area contributed by atoms with Crippen LogP contribution in [0.3, 0.4) is 0 Å². The molecule has 2 rings (SSSR count). The Morgan fingerprint density at radius 2 is 1.91 bits per heavy atom. The molecule has 0 bridgehead atoms. The standard InChI is InChI=1S/C15H14BrN3O4/c1-3-6-18-13(21)14(22)19(15(18)23)8-12(20)17-11-5-4-10(16)7-9(11)2/h3-5,7H,1,6,8H2,2H3,(H,17,20). The van der Waals surface area contributed by atoms with Gasteiger partial charge in [0.1, 0.15) is 6.54 Å². The smallest absolute Gasteiger partial charge is 0.324 e. The number of carbonyl (C=O) groups is 4. The van der Waals surface area contributed by atoms with Crippen LogP contribution in [0.15, 0.2) is 35.3 Å². The minimum atomic E-state index is -1.01. The van der Waals surface area contributed by atoms with Crippen LogP contribution in [-0.4, -0.2) is 46.6 Å². The zero-order chi connectivity index (χ0) is 17.1. The maximum Gasteiger partial charge on any atom is 0.335 e. The summed E-state index contributed by atoms with van der Waals surface area (Å²) in [5.41, 5.74) is 1.38. The second-order valence-electron chi connectivity index (χ2n) is 4.89. The highest BCUT2D eigenvalue weighted by molar-refractivity contribution is 9.10. The van der Waals surface area contributed by atoms with Crippen LogP contribution >= 0.6 is 15.9 Å². The van der Waals surface area contributed by atoms with E-state index in [1.165, 1.54) is 6.08 Å². The van der Waals surface area contributed by atoms with E-state index in [0.29, 0.717) is 10.6 Å². The molecule has 1 aliphatic heterocycles. The van der Waals surface area contributed by atoms with E-state index in [4.69, 9.17) is 0 Å². The number of hydrogen-bond acceptors (Lipinski definition) is 4. The van der Waals surface area contributed by atoms with Crippen LogP contribution in [-0.2, 0) is 14.4 Å². The van der Waals surface area contributed by atoms with Gasteiger partial charge in [-0.3, -0.25) is 19.3 Å². The van der Waals surface area contributed by atoms with Gasteiger partial charge in [-0.05, 0) is 30.7 Å². The molecule has 1 heterocycles. The number of benzene rings is 1. The van der Waals surface area contributed by atoms with E-state index in [0.717, 1.165) is 14.9 Å². The summed E-state index contributed by atoms with van der Waals surface area (Å²) in [6.07, 6.45) is 1.33. The molecule has 1 aromatic rings. The Labute approximate surface area is 141 Å². The van der Waals surface area contributed by atoms with Crippen molar-refractivity contribution in [2.75, 3.05) is 18.4 Å². The number of imide groups is 2. The molecular formula is C15H14BrN3O4. The van der Waals surface area contributed by atoms with E-state index in [2.05, 4.69) is 27.8 Å². The van der Waals surface area contributed by atoms with Crippen LogP contribution in [0.2, 0.25) is 0 Å². The first-order valence-corrected chi connectivity index (χ1v) is 7.48. The molecule has 1 aromatic carbocycles. The Morgan fingerprint density at radius 1 is 1.26 bits per heavy atom. The average Bonchev–Trinajstić information content (AvgIpc) is 2.68. The van der Waals surface area contributed by atoms with Gasteiger partial charge in [-0.25, -0.2) is 9.69 Å². The van der Waals surface area contributed by atoms with E-state index in [1.807, 2.05) is 13.0 Å². The van der Waals surface area contributed by atoms with Crippen molar-refractivity contribution >= 4 is 45.4 Å². The van der Waals surface area contributed by atoms with Gasteiger partial charge in [0.15, 0.2) is 0 Å². The fourth-order valence-corrected chi connectivity index (χ4v) is 2.56. The van der Waals surface area contributed by atoms with Crippen LogP contribution in [0.5, 0.6) is 0 Å². The SMILES string of the molecule is C=CCN1C(=O)C(=O)N(CC(=O)Nc2ccc(Br)cc2C)C1=O. The molecular weight excluding hydrogens is 366 g/mol. The molecule has 23 heavy (non-hydrogen) atoms. The van der Waals surface area contributed by atoms with Crippen LogP contribution < -0.4 is 5.32 Å². The fraction of sp³-hybridized carbons (Fsp3) is 0.200. The molecule has 8 heteroatoms. The Kier molecular flexibility index (Phi) is 4.95. The van der Waals surface area contributed by atoms with Gasteiger partial charge in [-0.1, -0.05) is 22.0 Å². The number of rotatable bonds is 5. The third-order valence-electron chi connectivity index (χ3n) is 3.21. The second kappa shape index (κ2) is 6.74. The van der Waals surface area contributed by atoms with Crippen molar-refractivity contribution in [3.63, 3.8) is 0 Å². The van der Waals surface area contributed by atoms with E-state index in [1.54, 1.807) is 12.1 Å². The lowest BCUT2D eigenvalue weighted by molar-refractivity contribution is -0.143. The van der Waals surface area contributed by atoms with Gasteiger partial charge in [0.25, 0.3) is 0 Å². The number of aryl methyl sites for hydroxylation is 1. The summed E-state index contributed by atoms with van der Waals surface area (Å²) in [7, 11) is 0. The summed E-state index contributed by atoms with van der Waals surface area (Å²) in [5.74, 6) is -2.53. The first-order valence-electron chi connectivity index (χ1n) is 6.69. The third-order valence-corrected chi connectivity index (χ3v) is 3.70. The number of urea groups is 1. The van der Waals surface area contributed by atoms with Crippen molar-refractivity contribution in [1.82, 2.24) is 9.80 Å². The number of nitrogens with one attached hydrogen (secondary N) is 1. The van der Waals surface area contributed by atoms with Gasteiger partial charge in [-0.2, -0.15) is 0 Å². The zero-order valence-electron chi connectivity index (χ0n) is 12.3. The van der Waals surface area contributed by atoms with Crippen molar-refractivity contribution in [2.24, 2.45) is 0 Å². The molecule has 1 saturated heterocycles. The van der Waals surface area contributed by atoms with Crippen LogP contribution in [0, 0.1) is 6.92 Å². The Balaban J connectivity index is 2.08. The highest BCUT2D eigenvalue weighted by Crippen LogP contribution is 2.20. The number of halogens is 1. The van der Waals surface area contributed by atoms with E-state index in [9.17, 15) is 19.2 Å².